The summed E-state index contributed by atoms with van der Waals surface area (Å²) in [6, 6.07) is 6.94. The first-order valence-corrected chi connectivity index (χ1v) is 9.61. The first-order chi connectivity index (χ1) is 14.4. The van der Waals surface area contributed by atoms with Gasteiger partial charge in [-0.2, -0.15) is 0 Å². The predicted molar refractivity (Wildman–Crippen MR) is 109 cm³/mol. The molecule has 0 spiro atoms. The van der Waals surface area contributed by atoms with Crippen LogP contribution < -0.4 is 14.2 Å². The number of hydrogen-bond acceptors (Lipinski definition) is 5. The fourth-order valence-corrected chi connectivity index (χ4v) is 3.63. The van der Waals surface area contributed by atoms with Crippen LogP contribution in [0.25, 0.3) is 0 Å². The van der Waals surface area contributed by atoms with Crippen molar-refractivity contribution in [2.45, 2.75) is 0 Å². The summed E-state index contributed by atoms with van der Waals surface area (Å²) < 4.78 is 29.2. The van der Waals surface area contributed by atoms with Crippen LogP contribution in [0, 0.1) is 5.82 Å². The van der Waals surface area contributed by atoms with Crippen molar-refractivity contribution in [3.05, 3.63) is 52.3 Å². The highest BCUT2D eigenvalue weighted by Crippen LogP contribution is 2.40. The SMILES string of the molecule is COc1ccc(C(=O)N2CCN(C(=O)c3ccc(F)cc3Cl)CC2)c(OC)c1OC. The standard InChI is InChI=1S/C21H22ClFN2O5/c1-28-17-7-6-15(18(29-2)19(17)30-3)21(27)25-10-8-24(9-11-25)20(26)14-5-4-13(23)12-16(14)22/h4-7,12H,8-11H2,1-3H3. The molecule has 3 rings (SSSR count). The quantitative estimate of drug-likeness (QED) is 0.720. The first kappa shape index (κ1) is 21.7. The second kappa shape index (κ2) is 9.21. The van der Waals surface area contributed by atoms with E-state index in [1.807, 2.05) is 0 Å². The summed E-state index contributed by atoms with van der Waals surface area (Å²) in [6.45, 7) is 1.32. The Hall–Kier alpha value is -3.00. The van der Waals surface area contributed by atoms with Gasteiger partial charge in [0.1, 0.15) is 5.82 Å². The predicted octanol–water partition coefficient (Wildman–Crippen LogP) is 3.10. The third kappa shape index (κ3) is 4.14. The molecule has 2 aromatic rings. The van der Waals surface area contributed by atoms with Crippen molar-refractivity contribution in [1.82, 2.24) is 9.80 Å². The maximum atomic E-state index is 13.2. The second-order valence-electron chi connectivity index (χ2n) is 6.59. The van der Waals surface area contributed by atoms with Gasteiger partial charge in [0.05, 0.1) is 37.5 Å². The van der Waals surface area contributed by atoms with Gasteiger partial charge in [0.25, 0.3) is 11.8 Å². The molecule has 7 nitrogen and oxygen atoms in total. The molecular weight excluding hydrogens is 415 g/mol. The van der Waals surface area contributed by atoms with Crippen molar-refractivity contribution in [1.29, 1.82) is 0 Å². The first-order valence-electron chi connectivity index (χ1n) is 9.23. The van der Waals surface area contributed by atoms with Gasteiger partial charge in [-0.15, -0.1) is 0 Å². The molecular formula is C21H22ClFN2O5. The van der Waals surface area contributed by atoms with Gasteiger partial charge >= 0.3 is 0 Å². The maximum absolute atomic E-state index is 13.2. The average Bonchev–Trinajstić information content (AvgIpc) is 2.77. The summed E-state index contributed by atoms with van der Waals surface area (Å²) in [6.07, 6.45) is 0. The number of carbonyl (C=O) groups excluding carboxylic acids is 2. The van der Waals surface area contributed by atoms with Crippen LogP contribution in [0.4, 0.5) is 4.39 Å². The third-order valence-corrected chi connectivity index (χ3v) is 5.26. The van der Waals surface area contributed by atoms with Gasteiger partial charge in [0.15, 0.2) is 11.5 Å². The summed E-state index contributed by atoms with van der Waals surface area (Å²) in [5.41, 5.74) is 0.580. The van der Waals surface area contributed by atoms with Crippen LogP contribution in [0.3, 0.4) is 0 Å². The second-order valence-corrected chi connectivity index (χ2v) is 7.00. The van der Waals surface area contributed by atoms with Crippen LogP contribution in [0.15, 0.2) is 30.3 Å². The maximum Gasteiger partial charge on any atom is 0.257 e. The zero-order valence-corrected chi connectivity index (χ0v) is 17.7. The molecule has 9 heteroatoms. The van der Waals surface area contributed by atoms with Crippen LogP contribution in [0.2, 0.25) is 5.02 Å². The van der Waals surface area contributed by atoms with Gasteiger partial charge in [0, 0.05) is 26.2 Å². The molecule has 2 aromatic carbocycles. The fourth-order valence-electron chi connectivity index (χ4n) is 3.39. The molecule has 160 valence electrons. The minimum Gasteiger partial charge on any atom is -0.493 e. The minimum atomic E-state index is -0.504. The number of hydrogen-bond donors (Lipinski definition) is 0. The third-order valence-electron chi connectivity index (χ3n) is 4.95. The van der Waals surface area contributed by atoms with Gasteiger partial charge in [-0.05, 0) is 30.3 Å². The van der Waals surface area contributed by atoms with E-state index < -0.39 is 5.82 Å². The van der Waals surface area contributed by atoms with Crippen molar-refractivity contribution in [3.8, 4) is 17.2 Å². The van der Waals surface area contributed by atoms with E-state index in [1.54, 1.807) is 21.9 Å². The molecule has 1 saturated heterocycles. The Kier molecular flexibility index (Phi) is 6.66. The molecule has 0 aliphatic carbocycles. The number of methoxy groups -OCH3 is 3. The molecule has 0 saturated carbocycles. The molecule has 1 aliphatic rings. The smallest absolute Gasteiger partial charge is 0.257 e. The van der Waals surface area contributed by atoms with E-state index in [0.717, 1.165) is 6.07 Å². The average molecular weight is 437 g/mol. The molecule has 30 heavy (non-hydrogen) atoms. The Morgan fingerprint density at radius 1 is 0.833 bits per heavy atom. The number of amides is 2. The number of benzene rings is 2. The van der Waals surface area contributed by atoms with E-state index >= 15 is 0 Å². The zero-order valence-electron chi connectivity index (χ0n) is 16.9. The highest BCUT2D eigenvalue weighted by Gasteiger charge is 2.29. The van der Waals surface area contributed by atoms with Crippen LogP contribution in [0.1, 0.15) is 20.7 Å². The molecule has 0 atom stereocenters. The number of halogens is 2. The van der Waals surface area contributed by atoms with Crippen LogP contribution in [-0.2, 0) is 0 Å². The lowest BCUT2D eigenvalue weighted by atomic mass is 10.1. The van der Waals surface area contributed by atoms with Crippen molar-refractivity contribution in [2.24, 2.45) is 0 Å². The van der Waals surface area contributed by atoms with E-state index in [4.69, 9.17) is 25.8 Å². The van der Waals surface area contributed by atoms with Crippen LogP contribution in [0.5, 0.6) is 17.2 Å². The van der Waals surface area contributed by atoms with Gasteiger partial charge in [-0.25, -0.2) is 4.39 Å². The summed E-state index contributed by atoms with van der Waals surface area (Å²) >= 11 is 6.00. The van der Waals surface area contributed by atoms with Gasteiger partial charge in [0.2, 0.25) is 5.75 Å². The largest absolute Gasteiger partial charge is 0.493 e. The summed E-state index contributed by atoms with van der Waals surface area (Å²) in [5.74, 6) is 0.0490. The Bertz CT molecular complexity index is 961. The number of piperazine rings is 1. The number of ether oxygens (including phenoxy) is 3. The van der Waals surface area contributed by atoms with E-state index in [0.29, 0.717) is 49.0 Å². The summed E-state index contributed by atoms with van der Waals surface area (Å²) in [7, 11) is 4.43. The number of nitrogens with zero attached hydrogens (tertiary/aromatic N) is 2. The van der Waals surface area contributed by atoms with Crippen molar-refractivity contribution in [2.75, 3.05) is 47.5 Å². The van der Waals surface area contributed by atoms with E-state index in [1.165, 1.54) is 33.5 Å². The van der Waals surface area contributed by atoms with Crippen molar-refractivity contribution in [3.63, 3.8) is 0 Å². The Balaban J connectivity index is 1.73. The fraction of sp³-hybridized carbons (Fsp3) is 0.333. The number of carbonyl (C=O) groups is 2. The van der Waals surface area contributed by atoms with E-state index in [2.05, 4.69) is 0 Å². The summed E-state index contributed by atoms with van der Waals surface area (Å²) in [4.78, 5) is 29.0. The molecule has 0 N–H and O–H groups in total. The molecule has 1 heterocycles. The Labute approximate surface area is 178 Å². The lowest BCUT2D eigenvalue weighted by Gasteiger charge is -2.35. The normalized spacial score (nSPS) is 13.8. The molecule has 0 radical (unpaired) electrons. The molecule has 1 aliphatic heterocycles. The topological polar surface area (TPSA) is 68.3 Å². The monoisotopic (exact) mass is 436 g/mol. The lowest BCUT2D eigenvalue weighted by molar-refractivity contribution is 0.0533. The van der Waals surface area contributed by atoms with Gasteiger partial charge in [-0.1, -0.05) is 11.6 Å². The van der Waals surface area contributed by atoms with E-state index in [9.17, 15) is 14.0 Å². The van der Waals surface area contributed by atoms with Crippen molar-refractivity contribution >= 4 is 23.4 Å². The van der Waals surface area contributed by atoms with E-state index in [-0.39, 0.29) is 22.4 Å². The lowest BCUT2D eigenvalue weighted by Crippen LogP contribution is -2.50. The molecule has 2 amide bonds. The van der Waals surface area contributed by atoms with Gasteiger partial charge < -0.3 is 24.0 Å². The molecule has 0 aromatic heterocycles. The Morgan fingerprint density at radius 2 is 1.37 bits per heavy atom. The van der Waals surface area contributed by atoms with Gasteiger partial charge in [-0.3, -0.25) is 9.59 Å². The highest BCUT2D eigenvalue weighted by atomic mass is 35.5. The summed E-state index contributed by atoms with van der Waals surface area (Å²) in [5, 5.41) is 0.0635. The number of rotatable bonds is 5. The zero-order chi connectivity index (χ0) is 21.8. The van der Waals surface area contributed by atoms with Crippen LogP contribution >= 0.6 is 11.6 Å². The molecule has 0 bridgehead atoms. The highest BCUT2D eigenvalue weighted by molar-refractivity contribution is 6.33. The molecule has 0 unspecified atom stereocenters. The molecule has 1 fully saturated rings. The Morgan fingerprint density at radius 3 is 1.87 bits per heavy atom. The van der Waals surface area contributed by atoms with Crippen molar-refractivity contribution < 1.29 is 28.2 Å². The van der Waals surface area contributed by atoms with Crippen LogP contribution in [-0.4, -0.2) is 69.1 Å². The minimum absolute atomic E-state index is 0.0635.